The predicted octanol–water partition coefficient (Wildman–Crippen LogP) is 4.93. The monoisotopic (exact) mass is 338 g/mol. The molecule has 3 rings (SSSR count). The Morgan fingerprint density at radius 2 is 1.80 bits per heavy atom. The van der Waals surface area contributed by atoms with E-state index in [0.717, 1.165) is 18.6 Å². The third-order valence-electron chi connectivity index (χ3n) is 3.88. The van der Waals surface area contributed by atoms with Gasteiger partial charge in [0.25, 0.3) is 0 Å². The highest BCUT2D eigenvalue weighted by molar-refractivity contribution is 5.73. The number of benzene rings is 2. The van der Waals surface area contributed by atoms with E-state index >= 15 is 0 Å². The van der Waals surface area contributed by atoms with Crippen LogP contribution in [-0.4, -0.2) is 21.9 Å². The van der Waals surface area contributed by atoms with Gasteiger partial charge in [-0.15, -0.1) is 0 Å². The van der Waals surface area contributed by atoms with Crippen LogP contribution in [0.4, 0.5) is 0 Å². The molecule has 25 heavy (non-hydrogen) atoms. The number of aryl methyl sites for hydroxylation is 1. The van der Waals surface area contributed by atoms with Gasteiger partial charge >= 0.3 is 0 Å². The Balaban J connectivity index is 1.83. The first kappa shape index (κ1) is 16.9. The molecule has 1 aromatic heterocycles. The average Bonchev–Trinajstić information content (AvgIpc) is 3.08. The Hall–Kier alpha value is -2.95. The maximum Gasteiger partial charge on any atom is 0.173 e. The Kier molecular flexibility index (Phi) is 5.23. The van der Waals surface area contributed by atoms with Crippen LogP contribution in [-0.2, 0) is 6.42 Å². The summed E-state index contributed by atoms with van der Waals surface area (Å²) in [6.45, 7) is 4.77. The van der Waals surface area contributed by atoms with Crippen molar-refractivity contribution in [3.8, 4) is 34.3 Å². The molecule has 2 N–H and O–H groups in total. The minimum Gasteiger partial charge on any atom is -0.507 e. The first-order chi connectivity index (χ1) is 12.2. The number of phenols is 1. The molecule has 0 aliphatic carbocycles. The summed E-state index contributed by atoms with van der Waals surface area (Å²) in [5.41, 5.74) is 2.49. The van der Waals surface area contributed by atoms with Crippen LogP contribution in [0.1, 0.15) is 25.8 Å². The van der Waals surface area contributed by atoms with E-state index in [1.54, 1.807) is 18.3 Å². The van der Waals surface area contributed by atoms with Crippen molar-refractivity contribution in [3.63, 3.8) is 0 Å². The summed E-state index contributed by atoms with van der Waals surface area (Å²) in [6, 6.07) is 13.1. The van der Waals surface area contributed by atoms with Crippen LogP contribution in [0.5, 0.6) is 23.0 Å². The van der Waals surface area contributed by atoms with Gasteiger partial charge in [0.05, 0.1) is 12.8 Å². The van der Waals surface area contributed by atoms with E-state index < -0.39 is 0 Å². The van der Waals surface area contributed by atoms with E-state index in [0.29, 0.717) is 29.4 Å². The van der Waals surface area contributed by atoms with Crippen LogP contribution < -0.4 is 9.47 Å². The van der Waals surface area contributed by atoms with Gasteiger partial charge in [0.1, 0.15) is 22.9 Å². The van der Waals surface area contributed by atoms with Crippen molar-refractivity contribution in [3.05, 3.63) is 54.2 Å². The predicted molar refractivity (Wildman–Crippen MR) is 97.4 cm³/mol. The number of aromatic nitrogens is 2. The van der Waals surface area contributed by atoms with E-state index in [-0.39, 0.29) is 5.75 Å². The molecule has 3 aromatic rings. The van der Waals surface area contributed by atoms with E-state index in [1.807, 2.05) is 37.3 Å². The fourth-order valence-corrected chi connectivity index (χ4v) is 2.50. The highest BCUT2D eigenvalue weighted by atomic mass is 16.5. The van der Waals surface area contributed by atoms with Crippen molar-refractivity contribution >= 4 is 0 Å². The number of H-pyrrole nitrogens is 1. The Bertz CT molecular complexity index is 825. The zero-order valence-corrected chi connectivity index (χ0v) is 14.5. The molecule has 0 aliphatic heterocycles. The van der Waals surface area contributed by atoms with Gasteiger partial charge in [0.2, 0.25) is 0 Å². The zero-order chi connectivity index (χ0) is 17.6. The topological polar surface area (TPSA) is 67.4 Å². The van der Waals surface area contributed by atoms with Gasteiger partial charge in [-0.2, -0.15) is 5.10 Å². The quantitative estimate of drug-likeness (QED) is 0.641. The molecule has 0 amide bonds. The molecule has 5 nitrogen and oxygen atoms in total. The summed E-state index contributed by atoms with van der Waals surface area (Å²) in [4.78, 5) is 0. The SMILES string of the molecule is CCCOc1ccc(-c2[nH]ncc2Oc2ccc(CC)cc2)c(O)c1. The lowest BCUT2D eigenvalue weighted by Gasteiger charge is -2.10. The normalized spacial score (nSPS) is 10.6. The largest absolute Gasteiger partial charge is 0.507 e. The van der Waals surface area contributed by atoms with Crippen molar-refractivity contribution in [2.45, 2.75) is 26.7 Å². The van der Waals surface area contributed by atoms with Crippen LogP contribution in [0.3, 0.4) is 0 Å². The van der Waals surface area contributed by atoms with Crippen LogP contribution in [0.15, 0.2) is 48.7 Å². The number of phenolic OH excluding ortho intramolecular Hbond substituents is 1. The summed E-state index contributed by atoms with van der Waals surface area (Å²) < 4.78 is 11.5. The number of aromatic amines is 1. The molecule has 0 aliphatic rings. The maximum absolute atomic E-state index is 10.3. The number of hydrogen-bond acceptors (Lipinski definition) is 4. The lowest BCUT2D eigenvalue weighted by Crippen LogP contribution is -1.95. The molecule has 0 bridgehead atoms. The molecular formula is C20H22N2O3. The lowest BCUT2D eigenvalue weighted by atomic mass is 10.1. The first-order valence-electron chi connectivity index (χ1n) is 8.47. The summed E-state index contributed by atoms with van der Waals surface area (Å²) >= 11 is 0. The number of nitrogens with zero attached hydrogens (tertiary/aromatic N) is 1. The van der Waals surface area contributed by atoms with Crippen LogP contribution >= 0.6 is 0 Å². The average molecular weight is 338 g/mol. The van der Waals surface area contributed by atoms with Crippen LogP contribution in [0, 0.1) is 0 Å². The smallest absolute Gasteiger partial charge is 0.173 e. The fraction of sp³-hybridized carbons (Fsp3) is 0.250. The molecule has 2 aromatic carbocycles. The van der Waals surface area contributed by atoms with Crippen molar-refractivity contribution in [1.82, 2.24) is 10.2 Å². The molecule has 0 radical (unpaired) electrons. The van der Waals surface area contributed by atoms with Crippen molar-refractivity contribution < 1.29 is 14.6 Å². The van der Waals surface area contributed by atoms with Gasteiger partial charge in [-0.05, 0) is 42.7 Å². The first-order valence-corrected chi connectivity index (χ1v) is 8.47. The fourth-order valence-electron chi connectivity index (χ4n) is 2.50. The number of nitrogens with one attached hydrogen (secondary N) is 1. The third kappa shape index (κ3) is 3.94. The van der Waals surface area contributed by atoms with Gasteiger partial charge in [-0.1, -0.05) is 26.0 Å². The molecular weight excluding hydrogens is 316 g/mol. The van der Waals surface area contributed by atoms with Crippen molar-refractivity contribution in [2.75, 3.05) is 6.61 Å². The highest BCUT2D eigenvalue weighted by Crippen LogP contribution is 2.37. The minimum atomic E-state index is 0.115. The molecule has 0 saturated heterocycles. The van der Waals surface area contributed by atoms with Crippen LogP contribution in [0.25, 0.3) is 11.3 Å². The Labute approximate surface area is 147 Å². The summed E-state index contributed by atoms with van der Waals surface area (Å²) in [7, 11) is 0. The van der Waals surface area contributed by atoms with E-state index in [2.05, 4.69) is 17.1 Å². The second-order valence-electron chi connectivity index (χ2n) is 5.74. The van der Waals surface area contributed by atoms with Gasteiger partial charge in [0, 0.05) is 11.6 Å². The van der Waals surface area contributed by atoms with Crippen molar-refractivity contribution in [2.24, 2.45) is 0 Å². The van der Waals surface area contributed by atoms with Gasteiger partial charge in [-0.25, -0.2) is 0 Å². The third-order valence-corrected chi connectivity index (χ3v) is 3.88. The molecule has 0 fully saturated rings. The number of hydrogen-bond donors (Lipinski definition) is 2. The van der Waals surface area contributed by atoms with Gasteiger partial charge in [0.15, 0.2) is 5.75 Å². The van der Waals surface area contributed by atoms with Gasteiger partial charge < -0.3 is 14.6 Å². The molecule has 0 saturated carbocycles. The molecule has 1 heterocycles. The number of rotatable bonds is 7. The van der Waals surface area contributed by atoms with E-state index in [9.17, 15) is 5.11 Å². The second-order valence-corrected chi connectivity index (χ2v) is 5.74. The van der Waals surface area contributed by atoms with Gasteiger partial charge in [-0.3, -0.25) is 5.10 Å². The zero-order valence-electron chi connectivity index (χ0n) is 14.5. The van der Waals surface area contributed by atoms with E-state index in [1.165, 1.54) is 5.56 Å². The number of ether oxygens (including phenoxy) is 2. The summed E-state index contributed by atoms with van der Waals surface area (Å²) in [5.74, 6) is 2.04. The van der Waals surface area contributed by atoms with Crippen LogP contribution in [0.2, 0.25) is 0 Å². The summed E-state index contributed by atoms with van der Waals surface area (Å²) in [5, 5.41) is 17.3. The molecule has 0 spiro atoms. The molecule has 0 atom stereocenters. The molecule has 5 heteroatoms. The molecule has 0 unspecified atom stereocenters. The van der Waals surface area contributed by atoms with E-state index in [4.69, 9.17) is 9.47 Å². The molecule has 130 valence electrons. The summed E-state index contributed by atoms with van der Waals surface area (Å²) in [6.07, 6.45) is 3.50. The Morgan fingerprint density at radius 3 is 2.48 bits per heavy atom. The second kappa shape index (κ2) is 7.75. The highest BCUT2D eigenvalue weighted by Gasteiger charge is 2.14. The standard InChI is InChI=1S/C20H22N2O3/c1-3-11-24-16-9-10-17(18(23)12-16)20-19(13-21-22-20)25-15-7-5-14(4-2)6-8-15/h5-10,12-13,23H,3-4,11H2,1-2H3,(H,21,22). The number of aromatic hydroxyl groups is 1. The minimum absolute atomic E-state index is 0.115. The van der Waals surface area contributed by atoms with Crippen molar-refractivity contribution in [1.29, 1.82) is 0 Å². The maximum atomic E-state index is 10.3. The Morgan fingerprint density at radius 1 is 1.04 bits per heavy atom. The lowest BCUT2D eigenvalue weighted by molar-refractivity contribution is 0.315.